The van der Waals surface area contributed by atoms with Crippen LogP contribution in [0.1, 0.15) is 11.1 Å². The van der Waals surface area contributed by atoms with Crippen LogP contribution >= 0.6 is 23.2 Å². The third kappa shape index (κ3) is 6.61. The quantitative estimate of drug-likeness (QED) is 0.441. The van der Waals surface area contributed by atoms with Crippen LogP contribution in [0.2, 0.25) is 10.0 Å². The summed E-state index contributed by atoms with van der Waals surface area (Å²) in [6.07, 6.45) is -4.91. The van der Waals surface area contributed by atoms with E-state index in [0.29, 0.717) is 5.02 Å². The summed E-state index contributed by atoms with van der Waals surface area (Å²) < 4.78 is 67.9. The molecule has 0 spiro atoms. The van der Waals surface area contributed by atoms with Crippen LogP contribution in [0.5, 0.6) is 11.5 Å². The molecule has 3 aromatic rings. The zero-order valence-electron chi connectivity index (χ0n) is 16.5. The van der Waals surface area contributed by atoms with Gasteiger partial charge in [-0.15, -0.1) is 0 Å². The molecule has 12 heteroatoms. The molecule has 33 heavy (non-hydrogen) atoms. The largest absolute Gasteiger partial charge is 0.456 e. The first-order chi connectivity index (χ1) is 15.3. The van der Waals surface area contributed by atoms with Gasteiger partial charge in [-0.05, 0) is 54.1 Å². The Morgan fingerprint density at radius 2 is 1.76 bits per heavy atom. The van der Waals surface area contributed by atoms with Crippen molar-refractivity contribution < 1.29 is 31.1 Å². The van der Waals surface area contributed by atoms with Crippen molar-refractivity contribution in [2.24, 2.45) is 5.14 Å². The number of ether oxygens (including phenoxy) is 1. The number of sulfonamides is 1. The number of anilines is 1. The van der Waals surface area contributed by atoms with Gasteiger partial charge in [0.1, 0.15) is 16.4 Å². The summed E-state index contributed by atoms with van der Waals surface area (Å²) in [4.78, 5) is 12.0. The predicted octanol–water partition coefficient (Wildman–Crippen LogP) is 5.63. The van der Waals surface area contributed by atoms with Crippen LogP contribution in [0.15, 0.2) is 65.6 Å². The second kappa shape index (κ2) is 9.60. The fourth-order valence-corrected chi connectivity index (χ4v) is 3.90. The zero-order valence-corrected chi connectivity index (χ0v) is 18.8. The molecule has 0 unspecified atom stereocenters. The van der Waals surface area contributed by atoms with Crippen LogP contribution in [0.3, 0.4) is 0 Å². The van der Waals surface area contributed by atoms with E-state index in [9.17, 15) is 26.4 Å². The highest BCUT2D eigenvalue weighted by Gasteiger charge is 2.31. The molecular weight excluding hydrogens is 504 g/mol. The molecule has 0 saturated carbocycles. The van der Waals surface area contributed by atoms with E-state index in [-0.39, 0.29) is 34.2 Å². The van der Waals surface area contributed by atoms with Gasteiger partial charge in [-0.2, -0.15) is 13.2 Å². The number of nitrogens with two attached hydrogens (primary N) is 1. The summed E-state index contributed by atoms with van der Waals surface area (Å²) in [7, 11) is -4.24. The van der Waals surface area contributed by atoms with Gasteiger partial charge in [0.2, 0.25) is 15.9 Å². The average molecular weight is 519 g/mol. The Hall–Kier alpha value is -2.79. The summed E-state index contributed by atoms with van der Waals surface area (Å²) in [5.41, 5.74) is -0.704. The lowest BCUT2D eigenvalue weighted by atomic mass is 10.1. The molecule has 0 radical (unpaired) electrons. The first-order valence-corrected chi connectivity index (χ1v) is 11.4. The minimum absolute atomic E-state index is 0.0745. The van der Waals surface area contributed by atoms with Gasteiger partial charge < -0.3 is 10.1 Å². The van der Waals surface area contributed by atoms with E-state index in [1.54, 1.807) is 18.2 Å². The van der Waals surface area contributed by atoms with E-state index in [1.807, 2.05) is 0 Å². The molecule has 0 saturated heterocycles. The normalized spacial score (nSPS) is 11.8. The summed E-state index contributed by atoms with van der Waals surface area (Å²) in [6.45, 7) is 0. The highest BCUT2D eigenvalue weighted by molar-refractivity contribution is 7.89. The summed E-state index contributed by atoms with van der Waals surface area (Å²) in [5, 5.41) is 7.88. The molecule has 0 atom stereocenters. The standard InChI is InChI=1S/C21H15Cl2F3N2O4S/c22-14-2-1-3-16(10-14)32-18-7-6-15(11-19(18)33(27,30)31)28-20(29)8-12-4-5-13(9-17(12)23)21(24,25)26/h1-7,9-11H,8H2,(H,28,29)(H2,27,30,31). The van der Waals surface area contributed by atoms with E-state index < -0.39 is 32.6 Å². The van der Waals surface area contributed by atoms with Gasteiger partial charge in [-0.3, -0.25) is 4.79 Å². The number of benzene rings is 3. The van der Waals surface area contributed by atoms with E-state index in [2.05, 4.69) is 5.32 Å². The molecular formula is C21H15Cl2F3N2O4S. The highest BCUT2D eigenvalue weighted by atomic mass is 35.5. The van der Waals surface area contributed by atoms with Gasteiger partial charge in [0.05, 0.1) is 12.0 Å². The van der Waals surface area contributed by atoms with Crippen molar-refractivity contribution in [3.8, 4) is 11.5 Å². The van der Waals surface area contributed by atoms with Gasteiger partial charge in [0.15, 0.2) is 0 Å². The average Bonchev–Trinajstić information content (AvgIpc) is 2.69. The number of carbonyl (C=O) groups is 1. The first kappa shape index (κ1) is 24.8. The third-order valence-electron chi connectivity index (χ3n) is 4.29. The lowest BCUT2D eigenvalue weighted by Crippen LogP contribution is -2.17. The molecule has 0 aliphatic heterocycles. The Balaban J connectivity index is 1.80. The first-order valence-electron chi connectivity index (χ1n) is 9.08. The van der Waals surface area contributed by atoms with Crippen LogP contribution < -0.4 is 15.2 Å². The van der Waals surface area contributed by atoms with Crippen molar-refractivity contribution in [1.82, 2.24) is 0 Å². The van der Waals surface area contributed by atoms with E-state index in [4.69, 9.17) is 33.1 Å². The maximum absolute atomic E-state index is 12.8. The van der Waals surface area contributed by atoms with Crippen LogP contribution in [0, 0.1) is 0 Å². The molecule has 174 valence electrons. The maximum atomic E-state index is 12.8. The molecule has 0 aliphatic carbocycles. The lowest BCUT2D eigenvalue weighted by Gasteiger charge is -2.13. The Morgan fingerprint density at radius 1 is 1.03 bits per heavy atom. The van der Waals surface area contributed by atoms with E-state index in [1.165, 1.54) is 18.2 Å². The molecule has 0 aromatic heterocycles. The Labute approximate surface area is 197 Å². The van der Waals surface area contributed by atoms with Crippen molar-refractivity contribution in [1.29, 1.82) is 0 Å². The Bertz CT molecular complexity index is 1320. The molecule has 0 bridgehead atoms. The second-order valence-corrected chi connectivity index (χ2v) is 9.17. The summed E-state index contributed by atoms with van der Waals surface area (Å²) in [6, 6.07) is 12.7. The number of carbonyl (C=O) groups excluding carboxylic acids is 1. The molecule has 6 nitrogen and oxygen atoms in total. The fraction of sp³-hybridized carbons (Fsp3) is 0.0952. The zero-order chi connectivity index (χ0) is 24.4. The molecule has 3 rings (SSSR count). The van der Waals surface area contributed by atoms with Crippen molar-refractivity contribution in [3.63, 3.8) is 0 Å². The number of alkyl halides is 3. The number of hydrogen-bond acceptors (Lipinski definition) is 4. The molecule has 0 heterocycles. The molecule has 0 fully saturated rings. The fourth-order valence-electron chi connectivity index (χ4n) is 2.80. The summed E-state index contributed by atoms with van der Waals surface area (Å²) >= 11 is 11.8. The number of nitrogens with one attached hydrogen (secondary N) is 1. The highest BCUT2D eigenvalue weighted by Crippen LogP contribution is 2.33. The maximum Gasteiger partial charge on any atom is 0.416 e. The number of amides is 1. The molecule has 0 aliphatic rings. The van der Waals surface area contributed by atoms with E-state index in [0.717, 1.165) is 24.3 Å². The molecule has 1 amide bonds. The van der Waals surface area contributed by atoms with Crippen molar-refractivity contribution in [2.45, 2.75) is 17.5 Å². The minimum Gasteiger partial charge on any atom is -0.456 e. The number of primary sulfonamides is 1. The van der Waals surface area contributed by atoms with Gasteiger partial charge in [0, 0.05) is 15.7 Å². The number of halogens is 5. The van der Waals surface area contributed by atoms with E-state index >= 15 is 0 Å². The minimum atomic E-state index is -4.57. The van der Waals surface area contributed by atoms with Crippen LogP contribution in [-0.2, 0) is 27.4 Å². The SMILES string of the molecule is NS(=O)(=O)c1cc(NC(=O)Cc2ccc(C(F)(F)F)cc2Cl)ccc1Oc1cccc(Cl)c1. The van der Waals surface area contributed by atoms with Crippen molar-refractivity contribution in [2.75, 3.05) is 5.32 Å². The van der Waals surface area contributed by atoms with Crippen LogP contribution in [0.4, 0.5) is 18.9 Å². The van der Waals surface area contributed by atoms with Gasteiger partial charge in [-0.1, -0.05) is 35.3 Å². The van der Waals surface area contributed by atoms with Gasteiger partial charge in [-0.25, -0.2) is 13.6 Å². The van der Waals surface area contributed by atoms with Gasteiger partial charge in [0.25, 0.3) is 0 Å². The van der Waals surface area contributed by atoms with Crippen molar-refractivity contribution in [3.05, 3.63) is 81.8 Å². The second-order valence-electron chi connectivity index (χ2n) is 6.79. The summed E-state index contributed by atoms with van der Waals surface area (Å²) in [5.74, 6) is -0.467. The van der Waals surface area contributed by atoms with Gasteiger partial charge >= 0.3 is 6.18 Å². The number of hydrogen-bond donors (Lipinski definition) is 2. The Kier molecular flexibility index (Phi) is 7.23. The van der Waals surface area contributed by atoms with Crippen LogP contribution in [-0.4, -0.2) is 14.3 Å². The molecule has 3 aromatic carbocycles. The van der Waals surface area contributed by atoms with Crippen LogP contribution in [0.25, 0.3) is 0 Å². The molecule has 3 N–H and O–H groups in total. The van der Waals surface area contributed by atoms with Crippen molar-refractivity contribution >= 4 is 44.8 Å². The smallest absolute Gasteiger partial charge is 0.416 e. The Morgan fingerprint density at radius 3 is 2.36 bits per heavy atom. The predicted molar refractivity (Wildman–Crippen MR) is 118 cm³/mol. The third-order valence-corrected chi connectivity index (χ3v) is 5.81. The topological polar surface area (TPSA) is 98.5 Å². The monoisotopic (exact) mass is 518 g/mol. The lowest BCUT2D eigenvalue weighted by molar-refractivity contribution is -0.137. The number of rotatable bonds is 6.